The molecule has 1 atom stereocenters. The van der Waals surface area contributed by atoms with E-state index in [1.54, 1.807) is 24.8 Å². The second kappa shape index (κ2) is 4.54. The number of hydrogen-bond donors (Lipinski definition) is 2. The van der Waals surface area contributed by atoms with Crippen molar-refractivity contribution in [2.45, 2.75) is 12.5 Å². The van der Waals surface area contributed by atoms with Gasteiger partial charge >= 0.3 is 0 Å². The van der Waals surface area contributed by atoms with Crippen molar-refractivity contribution >= 4 is 11.0 Å². The molecule has 5 heteroatoms. The number of hydrogen-bond acceptors (Lipinski definition) is 4. The number of nitrogens with zero attached hydrogens (tertiary/aromatic N) is 3. The highest BCUT2D eigenvalue weighted by atomic mass is 14.9. The summed E-state index contributed by atoms with van der Waals surface area (Å²) in [5, 5.41) is 0. The predicted molar refractivity (Wildman–Crippen MR) is 68.8 cm³/mol. The fraction of sp³-hybridized carbons (Fsp3) is 0.154. The van der Waals surface area contributed by atoms with Crippen LogP contribution in [0.1, 0.15) is 17.4 Å². The first-order valence-electron chi connectivity index (χ1n) is 5.77. The van der Waals surface area contributed by atoms with Crippen molar-refractivity contribution in [3.63, 3.8) is 0 Å². The molecule has 0 saturated carbocycles. The van der Waals surface area contributed by atoms with Crippen molar-refractivity contribution in [2.24, 2.45) is 5.73 Å². The molecule has 0 fully saturated rings. The molecule has 3 rings (SSSR count). The molecule has 0 bridgehead atoms. The van der Waals surface area contributed by atoms with Gasteiger partial charge in [0.05, 0.1) is 11.0 Å². The van der Waals surface area contributed by atoms with Gasteiger partial charge in [-0.25, -0.2) is 4.98 Å². The summed E-state index contributed by atoms with van der Waals surface area (Å²) in [6, 6.07) is 5.82. The first-order chi connectivity index (χ1) is 8.83. The number of nitrogens with one attached hydrogen (secondary N) is 1. The van der Waals surface area contributed by atoms with E-state index in [1.807, 2.05) is 18.2 Å². The highest BCUT2D eigenvalue weighted by Gasteiger charge is 2.09. The molecule has 1 unspecified atom stereocenters. The molecule has 0 radical (unpaired) electrons. The van der Waals surface area contributed by atoms with Crippen LogP contribution in [0.3, 0.4) is 0 Å². The third-order valence-electron chi connectivity index (χ3n) is 2.89. The Labute approximate surface area is 104 Å². The fourth-order valence-corrected chi connectivity index (χ4v) is 1.95. The van der Waals surface area contributed by atoms with E-state index in [0.29, 0.717) is 6.42 Å². The summed E-state index contributed by atoms with van der Waals surface area (Å²) in [4.78, 5) is 15.8. The molecule has 0 aliphatic carbocycles. The monoisotopic (exact) mass is 239 g/mol. The van der Waals surface area contributed by atoms with E-state index in [9.17, 15) is 0 Å². The molecule has 2 heterocycles. The van der Waals surface area contributed by atoms with E-state index in [2.05, 4.69) is 19.9 Å². The number of aromatic nitrogens is 4. The second-order valence-corrected chi connectivity index (χ2v) is 4.15. The molecule has 3 N–H and O–H groups in total. The van der Waals surface area contributed by atoms with Crippen LogP contribution in [0.15, 0.2) is 43.0 Å². The molecule has 3 aromatic rings. The topological polar surface area (TPSA) is 80.5 Å². The van der Waals surface area contributed by atoms with Gasteiger partial charge in [0, 0.05) is 37.3 Å². The number of nitrogens with two attached hydrogens (primary N) is 1. The maximum absolute atomic E-state index is 6.17. The Balaban J connectivity index is 1.89. The third-order valence-corrected chi connectivity index (χ3v) is 2.89. The van der Waals surface area contributed by atoms with Gasteiger partial charge < -0.3 is 10.7 Å². The van der Waals surface area contributed by atoms with Crippen LogP contribution in [0.25, 0.3) is 11.0 Å². The van der Waals surface area contributed by atoms with E-state index >= 15 is 0 Å². The molecule has 0 saturated heterocycles. The molecular weight excluding hydrogens is 226 g/mol. The lowest BCUT2D eigenvalue weighted by atomic mass is 10.0. The molecule has 0 amide bonds. The van der Waals surface area contributed by atoms with Crippen LogP contribution < -0.4 is 5.73 Å². The molecule has 18 heavy (non-hydrogen) atoms. The molecule has 0 spiro atoms. The van der Waals surface area contributed by atoms with Gasteiger partial charge in [-0.15, -0.1) is 0 Å². The lowest BCUT2D eigenvalue weighted by Gasteiger charge is -2.10. The van der Waals surface area contributed by atoms with Crippen LogP contribution in [0.2, 0.25) is 0 Å². The molecule has 0 aliphatic heterocycles. The Morgan fingerprint density at radius 2 is 1.89 bits per heavy atom. The average molecular weight is 239 g/mol. The fourth-order valence-electron chi connectivity index (χ4n) is 1.95. The van der Waals surface area contributed by atoms with Crippen LogP contribution in [0.5, 0.6) is 0 Å². The molecule has 0 aliphatic rings. The molecular formula is C13H13N5. The number of rotatable bonds is 3. The van der Waals surface area contributed by atoms with Crippen LogP contribution in [-0.4, -0.2) is 19.9 Å². The quantitative estimate of drug-likeness (QED) is 0.727. The van der Waals surface area contributed by atoms with E-state index in [0.717, 1.165) is 22.4 Å². The Hall–Kier alpha value is -2.27. The summed E-state index contributed by atoms with van der Waals surface area (Å²) in [5.74, 6) is 0.891. The van der Waals surface area contributed by atoms with Gasteiger partial charge in [-0.2, -0.15) is 0 Å². The molecule has 2 aromatic heterocycles. The maximum atomic E-state index is 6.17. The van der Waals surface area contributed by atoms with E-state index < -0.39 is 0 Å². The predicted octanol–water partition coefficient (Wildman–Crippen LogP) is 1.60. The zero-order valence-corrected chi connectivity index (χ0v) is 9.74. The summed E-state index contributed by atoms with van der Waals surface area (Å²) in [6.45, 7) is 0. The minimum atomic E-state index is -0.0949. The Kier molecular flexibility index (Phi) is 2.74. The molecule has 1 aromatic carbocycles. The zero-order valence-electron chi connectivity index (χ0n) is 9.74. The van der Waals surface area contributed by atoms with E-state index in [1.165, 1.54) is 0 Å². The first-order valence-corrected chi connectivity index (χ1v) is 5.77. The van der Waals surface area contributed by atoms with Crippen molar-refractivity contribution in [1.82, 2.24) is 19.9 Å². The van der Waals surface area contributed by atoms with Crippen LogP contribution in [0, 0.1) is 0 Å². The number of H-pyrrole nitrogens is 1. The Morgan fingerprint density at radius 1 is 1.06 bits per heavy atom. The van der Waals surface area contributed by atoms with Gasteiger partial charge in [0.2, 0.25) is 0 Å². The van der Waals surface area contributed by atoms with Gasteiger partial charge in [0.15, 0.2) is 0 Å². The van der Waals surface area contributed by atoms with Crippen LogP contribution in [-0.2, 0) is 6.42 Å². The Morgan fingerprint density at radius 3 is 2.67 bits per heavy atom. The van der Waals surface area contributed by atoms with Crippen molar-refractivity contribution < 1.29 is 0 Å². The third kappa shape index (κ3) is 2.08. The second-order valence-electron chi connectivity index (χ2n) is 4.15. The lowest BCUT2D eigenvalue weighted by Crippen LogP contribution is -2.14. The minimum absolute atomic E-state index is 0.0949. The number of fused-ring (bicyclic) bond motifs is 1. The van der Waals surface area contributed by atoms with Crippen LogP contribution >= 0.6 is 0 Å². The minimum Gasteiger partial charge on any atom is -0.349 e. The summed E-state index contributed by atoms with van der Waals surface area (Å²) >= 11 is 0. The van der Waals surface area contributed by atoms with Gasteiger partial charge in [0.25, 0.3) is 0 Å². The molecule has 5 nitrogen and oxygen atoms in total. The Bertz CT molecular complexity index is 647. The van der Waals surface area contributed by atoms with Crippen molar-refractivity contribution in [2.75, 3.05) is 0 Å². The van der Waals surface area contributed by atoms with Crippen LogP contribution in [0.4, 0.5) is 0 Å². The number of imidazole rings is 1. The summed E-state index contributed by atoms with van der Waals surface area (Å²) < 4.78 is 0. The van der Waals surface area contributed by atoms with Gasteiger partial charge in [-0.05, 0) is 17.7 Å². The van der Waals surface area contributed by atoms with Crippen molar-refractivity contribution in [3.8, 4) is 0 Å². The first kappa shape index (κ1) is 10.9. The number of aromatic amines is 1. The van der Waals surface area contributed by atoms with Gasteiger partial charge in [-0.1, -0.05) is 6.07 Å². The van der Waals surface area contributed by atoms with Gasteiger partial charge in [0.1, 0.15) is 5.82 Å². The zero-order chi connectivity index (χ0) is 12.4. The van der Waals surface area contributed by atoms with Crippen molar-refractivity contribution in [1.29, 1.82) is 0 Å². The highest BCUT2D eigenvalue weighted by molar-refractivity contribution is 5.74. The number of benzene rings is 1. The van der Waals surface area contributed by atoms with E-state index in [4.69, 9.17) is 5.73 Å². The summed E-state index contributed by atoms with van der Waals surface area (Å²) in [7, 11) is 0. The SMILES string of the molecule is NC(Cc1ncc[nH]1)c1ccc2nccnc2c1. The summed E-state index contributed by atoms with van der Waals surface area (Å²) in [5.41, 5.74) is 8.96. The normalized spacial score (nSPS) is 12.7. The lowest BCUT2D eigenvalue weighted by molar-refractivity contribution is 0.695. The smallest absolute Gasteiger partial charge is 0.107 e. The standard InChI is InChI=1S/C13H13N5/c14-10(8-13-17-5-6-18-13)9-1-2-11-12(7-9)16-4-3-15-11/h1-7,10H,8,14H2,(H,17,18). The van der Waals surface area contributed by atoms with Gasteiger partial charge in [-0.3, -0.25) is 9.97 Å². The van der Waals surface area contributed by atoms with Crippen molar-refractivity contribution in [3.05, 3.63) is 54.4 Å². The maximum Gasteiger partial charge on any atom is 0.107 e. The average Bonchev–Trinajstić information content (AvgIpc) is 2.91. The molecule has 90 valence electrons. The highest BCUT2D eigenvalue weighted by Crippen LogP contribution is 2.18. The van der Waals surface area contributed by atoms with E-state index in [-0.39, 0.29) is 6.04 Å². The largest absolute Gasteiger partial charge is 0.349 e. The summed E-state index contributed by atoms with van der Waals surface area (Å²) in [6.07, 6.45) is 7.58.